The number of aryl methyl sites for hydroxylation is 3. The van der Waals surface area contributed by atoms with Crippen LogP contribution < -0.4 is 0 Å². The molecule has 0 saturated heterocycles. The summed E-state index contributed by atoms with van der Waals surface area (Å²) >= 11 is 3.18. The molecular formula is C20H22N2OS2. The number of carbonyl (C=O) groups excluding carboxylic acids is 1. The van der Waals surface area contributed by atoms with E-state index in [-0.39, 0.29) is 5.91 Å². The van der Waals surface area contributed by atoms with Gasteiger partial charge in [-0.2, -0.15) is 0 Å². The van der Waals surface area contributed by atoms with Crippen molar-refractivity contribution in [1.29, 1.82) is 0 Å². The van der Waals surface area contributed by atoms with Crippen LogP contribution in [0.4, 0.5) is 0 Å². The van der Waals surface area contributed by atoms with Crippen molar-refractivity contribution in [2.24, 2.45) is 0 Å². The molecular weight excluding hydrogens is 348 g/mol. The number of carbonyl (C=O) groups is 1. The van der Waals surface area contributed by atoms with Crippen LogP contribution >= 0.6 is 22.7 Å². The topological polar surface area (TPSA) is 33.2 Å². The van der Waals surface area contributed by atoms with Gasteiger partial charge in [0.15, 0.2) is 0 Å². The van der Waals surface area contributed by atoms with E-state index in [4.69, 9.17) is 0 Å². The van der Waals surface area contributed by atoms with Crippen molar-refractivity contribution in [2.45, 2.75) is 34.2 Å². The monoisotopic (exact) mass is 370 g/mol. The second-order valence-corrected chi connectivity index (χ2v) is 8.18. The predicted octanol–water partition coefficient (Wildman–Crippen LogP) is 5.46. The number of aromatic nitrogens is 1. The van der Waals surface area contributed by atoms with Gasteiger partial charge >= 0.3 is 0 Å². The zero-order valence-corrected chi connectivity index (χ0v) is 16.6. The van der Waals surface area contributed by atoms with Crippen LogP contribution in [-0.4, -0.2) is 22.3 Å². The summed E-state index contributed by atoms with van der Waals surface area (Å²) in [5, 5.41) is 2.97. The zero-order valence-electron chi connectivity index (χ0n) is 15.0. The highest BCUT2D eigenvalue weighted by Gasteiger charge is 2.22. The summed E-state index contributed by atoms with van der Waals surface area (Å²) in [6.07, 6.45) is 0. The minimum atomic E-state index is 0.0712. The van der Waals surface area contributed by atoms with Crippen molar-refractivity contribution in [3.8, 4) is 10.6 Å². The van der Waals surface area contributed by atoms with E-state index >= 15 is 0 Å². The molecule has 0 radical (unpaired) electrons. The van der Waals surface area contributed by atoms with E-state index < -0.39 is 0 Å². The Hall–Kier alpha value is -1.98. The number of nitrogens with zero attached hydrogens (tertiary/aromatic N) is 2. The SMILES string of the molecule is CCN(Cc1cccs1)C(=O)c1sc(-c2ccc(C)cc2C)nc1C. The minimum absolute atomic E-state index is 0.0712. The maximum atomic E-state index is 13.0. The molecule has 0 unspecified atom stereocenters. The van der Waals surface area contributed by atoms with Crippen molar-refractivity contribution < 1.29 is 4.79 Å². The number of hydrogen-bond donors (Lipinski definition) is 0. The first kappa shape index (κ1) is 17.8. The van der Waals surface area contributed by atoms with Crippen molar-refractivity contribution in [2.75, 3.05) is 6.54 Å². The predicted molar refractivity (Wildman–Crippen MR) is 106 cm³/mol. The fourth-order valence-corrected chi connectivity index (χ4v) is 4.67. The molecule has 0 N–H and O–H groups in total. The third-order valence-electron chi connectivity index (χ3n) is 4.20. The summed E-state index contributed by atoms with van der Waals surface area (Å²) < 4.78 is 0. The minimum Gasteiger partial charge on any atom is -0.333 e. The number of thiophene rings is 1. The van der Waals surface area contributed by atoms with E-state index in [1.165, 1.54) is 27.3 Å². The van der Waals surface area contributed by atoms with Crippen LogP contribution in [0.1, 0.15) is 38.3 Å². The van der Waals surface area contributed by atoms with Gasteiger partial charge in [-0.15, -0.1) is 22.7 Å². The first-order chi connectivity index (χ1) is 12.0. The molecule has 3 rings (SSSR count). The zero-order chi connectivity index (χ0) is 18.0. The fourth-order valence-electron chi connectivity index (χ4n) is 2.83. The van der Waals surface area contributed by atoms with Gasteiger partial charge in [0.05, 0.1) is 12.2 Å². The molecule has 0 aliphatic rings. The lowest BCUT2D eigenvalue weighted by atomic mass is 10.1. The average Bonchev–Trinajstić information content (AvgIpc) is 3.21. The van der Waals surface area contributed by atoms with E-state index in [9.17, 15) is 4.79 Å². The lowest BCUT2D eigenvalue weighted by molar-refractivity contribution is 0.0758. The second-order valence-electron chi connectivity index (χ2n) is 6.15. The Morgan fingerprint density at radius 3 is 2.64 bits per heavy atom. The molecule has 0 bridgehead atoms. The van der Waals surface area contributed by atoms with Crippen molar-refractivity contribution in [3.63, 3.8) is 0 Å². The Labute approximate surface area is 157 Å². The molecule has 0 spiro atoms. The van der Waals surface area contributed by atoms with Gasteiger partial charge in [-0.25, -0.2) is 4.98 Å². The molecule has 1 amide bonds. The lowest BCUT2D eigenvalue weighted by Crippen LogP contribution is -2.29. The van der Waals surface area contributed by atoms with Gasteiger partial charge in [-0.05, 0) is 44.7 Å². The third-order valence-corrected chi connectivity index (χ3v) is 6.24. The van der Waals surface area contributed by atoms with E-state index in [1.54, 1.807) is 11.3 Å². The number of thiazole rings is 1. The van der Waals surface area contributed by atoms with Gasteiger partial charge in [0, 0.05) is 17.0 Å². The summed E-state index contributed by atoms with van der Waals surface area (Å²) in [5.74, 6) is 0.0712. The van der Waals surface area contributed by atoms with Crippen molar-refractivity contribution in [3.05, 3.63) is 62.3 Å². The summed E-state index contributed by atoms with van der Waals surface area (Å²) in [6, 6.07) is 10.4. The largest absolute Gasteiger partial charge is 0.333 e. The van der Waals surface area contributed by atoms with Gasteiger partial charge in [0.25, 0.3) is 5.91 Å². The Kier molecular flexibility index (Phi) is 5.35. The van der Waals surface area contributed by atoms with Crippen LogP contribution in [0.25, 0.3) is 10.6 Å². The van der Waals surface area contributed by atoms with Crippen LogP contribution in [0.2, 0.25) is 0 Å². The molecule has 5 heteroatoms. The van der Waals surface area contributed by atoms with E-state index in [0.29, 0.717) is 13.1 Å². The molecule has 25 heavy (non-hydrogen) atoms. The number of hydrogen-bond acceptors (Lipinski definition) is 4. The normalized spacial score (nSPS) is 10.9. The second kappa shape index (κ2) is 7.50. The molecule has 0 aliphatic carbocycles. The highest BCUT2D eigenvalue weighted by molar-refractivity contribution is 7.17. The van der Waals surface area contributed by atoms with Gasteiger partial charge in [-0.1, -0.05) is 29.8 Å². The molecule has 2 heterocycles. The fraction of sp³-hybridized carbons (Fsp3) is 0.300. The number of rotatable bonds is 5. The van der Waals surface area contributed by atoms with Crippen LogP contribution in [0.3, 0.4) is 0 Å². The van der Waals surface area contributed by atoms with Crippen molar-refractivity contribution in [1.82, 2.24) is 9.88 Å². The Balaban J connectivity index is 1.89. The molecule has 0 fully saturated rings. The van der Waals surface area contributed by atoms with Crippen LogP contribution in [0.15, 0.2) is 35.7 Å². The maximum Gasteiger partial charge on any atom is 0.266 e. The first-order valence-corrected chi connectivity index (χ1v) is 10.1. The Morgan fingerprint density at radius 2 is 2.00 bits per heavy atom. The Morgan fingerprint density at radius 1 is 1.20 bits per heavy atom. The molecule has 0 saturated carbocycles. The molecule has 130 valence electrons. The van der Waals surface area contributed by atoms with E-state index in [2.05, 4.69) is 43.1 Å². The molecule has 0 atom stereocenters. The van der Waals surface area contributed by atoms with Crippen LogP contribution in [0, 0.1) is 20.8 Å². The average molecular weight is 371 g/mol. The molecule has 1 aromatic carbocycles. The van der Waals surface area contributed by atoms with Crippen LogP contribution in [0.5, 0.6) is 0 Å². The number of amides is 1. The molecule has 0 aliphatic heterocycles. The van der Waals surface area contributed by atoms with E-state index in [1.807, 2.05) is 30.2 Å². The third kappa shape index (κ3) is 3.83. The summed E-state index contributed by atoms with van der Waals surface area (Å²) in [5.41, 5.74) is 4.35. The van der Waals surface area contributed by atoms with Crippen LogP contribution in [-0.2, 0) is 6.54 Å². The van der Waals surface area contributed by atoms with Gasteiger partial charge in [0.2, 0.25) is 0 Å². The highest BCUT2D eigenvalue weighted by Crippen LogP contribution is 2.31. The molecule has 3 aromatic rings. The lowest BCUT2D eigenvalue weighted by Gasteiger charge is -2.19. The molecule has 3 nitrogen and oxygen atoms in total. The highest BCUT2D eigenvalue weighted by atomic mass is 32.1. The Bertz CT molecular complexity index is 881. The quantitative estimate of drug-likeness (QED) is 0.597. The maximum absolute atomic E-state index is 13.0. The van der Waals surface area contributed by atoms with E-state index in [0.717, 1.165) is 21.1 Å². The van der Waals surface area contributed by atoms with Gasteiger partial charge < -0.3 is 4.90 Å². The summed E-state index contributed by atoms with van der Waals surface area (Å²) in [7, 11) is 0. The summed E-state index contributed by atoms with van der Waals surface area (Å²) in [4.78, 5) is 21.5. The number of benzene rings is 1. The van der Waals surface area contributed by atoms with Gasteiger partial charge in [0.1, 0.15) is 9.88 Å². The van der Waals surface area contributed by atoms with Crippen molar-refractivity contribution >= 4 is 28.6 Å². The standard InChI is InChI=1S/C20H22N2OS2/c1-5-22(12-16-7-6-10-24-16)20(23)18-15(4)21-19(25-18)17-9-8-13(2)11-14(17)3/h6-11H,5,12H2,1-4H3. The first-order valence-electron chi connectivity index (χ1n) is 8.36. The van der Waals surface area contributed by atoms with Gasteiger partial charge in [-0.3, -0.25) is 4.79 Å². The smallest absolute Gasteiger partial charge is 0.266 e. The summed E-state index contributed by atoms with van der Waals surface area (Å²) in [6.45, 7) is 9.47. The molecule has 2 aromatic heterocycles.